The molecule has 0 saturated heterocycles. The molecule has 90 valence electrons. The predicted molar refractivity (Wildman–Crippen MR) is 64.0 cm³/mol. The second-order valence-electron chi connectivity index (χ2n) is 3.08. The molecule has 1 heterocycles. The molecule has 2 aromatic rings. The van der Waals surface area contributed by atoms with E-state index in [1.807, 2.05) is 25.1 Å². The number of aryl methyl sites for hydroxylation is 1. The maximum Gasteiger partial charge on any atom is 0.414 e. The van der Waals surface area contributed by atoms with E-state index in [0.717, 1.165) is 5.52 Å². The van der Waals surface area contributed by atoms with Crippen LogP contribution in [0.3, 0.4) is 0 Å². The summed E-state index contributed by atoms with van der Waals surface area (Å²) in [7, 11) is 0. The van der Waals surface area contributed by atoms with Crippen LogP contribution in [0.2, 0.25) is 0 Å². The number of hydrogen-bond donors (Lipinski definition) is 3. The summed E-state index contributed by atoms with van der Waals surface area (Å²) in [6, 6.07) is 6.10. The number of para-hydroxylation sites is 1. The molecule has 1 aromatic carbocycles. The third-order valence-electron chi connectivity index (χ3n) is 1.82. The van der Waals surface area contributed by atoms with Gasteiger partial charge >= 0.3 is 11.9 Å². The number of hydrogen-bond acceptors (Lipinski definition) is 5. The fraction of sp³-hybridized carbons (Fsp3) is 0.100. The maximum atomic E-state index is 9.10. The molecular weight excluding hydrogens is 244 g/mol. The smallest absolute Gasteiger partial charge is 0.414 e. The number of carbonyl (C=O) groups is 2. The van der Waals surface area contributed by atoms with Crippen LogP contribution >= 0.6 is 11.3 Å². The molecule has 0 fully saturated rings. The van der Waals surface area contributed by atoms with E-state index < -0.39 is 11.9 Å². The van der Waals surface area contributed by atoms with Crippen molar-refractivity contribution in [3.05, 3.63) is 23.8 Å². The Morgan fingerprint density at radius 1 is 1.29 bits per heavy atom. The van der Waals surface area contributed by atoms with E-state index in [9.17, 15) is 0 Å². The lowest BCUT2D eigenvalue weighted by Crippen LogP contribution is -2.09. The molecule has 0 unspecified atom stereocenters. The first-order chi connectivity index (χ1) is 7.91. The van der Waals surface area contributed by atoms with Gasteiger partial charge in [0.2, 0.25) is 0 Å². The number of carboxylic acids is 2. The Bertz CT molecular complexity index is 552. The van der Waals surface area contributed by atoms with Gasteiger partial charge in [0, 0.05) is 0 Å². The molecule has 0 radical (unpaired) electrons. The molecule has 17 heavy (non-hydrogen) atoms. The number of anilines is 1. The van der Waals surface area contributed by atoms with Gasteiger partial charge in [-0.3, -0.25) is 0 Å². The van der Waals surface area contributed by atoms with E-state index in [-0.39, 0.29) is 0 Å². The quantitative estimate of drug-likeness (QED) is 0.611. The third kappa shape index (κ3) is 3.42. The van der Waals surface area contributed by atoms with Crippen LogP contribution in [0.25, 0.3) is 10.2 Å². The lowest BCUT2D eigenvalue weighted by molar-refractivity contribution is -0.159. The molecule has 6 nitrogen and oxygen atoms in total. The molecular formula is C10H10N2O4S. The molecule has 4 N–H and O–H groups in total. The Morgan fingerprint density at radius 3 is 2.35 bits per heavy atom. The third-order valence-corrected chi connectivity index (χ3v) is 2.67. The van der Waals surface area contributed by atoms with Crippen molar-refractivity contribution in [2.45, 2.75) is 6.92 Å². The van der Waals surface area contributed by atoms with Crippen LogP contribution in [0.1, 0.15) is 5.56 Å². The lowest BCUT2D eigenvalue weighted by Gasteiger charge is -1.89. The van der Waals surface area contributed by atoms with Gasteiger partial charge in [-0.2, -0.15) is 0 Å². The van der Waals surface area contributed by atoms with Crippen LogP contribution in [0.5, 0.6) is 0 Å². The molecule has 0 aliphatic carbocycles. The summed E-state index contributed by atoms with van der Waals surface area (Å²) in [5, 5.41) is 15.4. The first kappa shape index (κ1) is 12.9. The summed E-state index contributed by atoms with van der Waals surface area (Å²) in [6.45, 7) is 2.04. The number of carboxylic acid groups (broad SMARTS) is 2. The number of rotatable bonds is 0. The van der Waals surface area contributed by atoms with Crippen LogP contribution < -0.4 is 5.73 Å². The van der Waals surface area contributed by atoms with Crippen molar-refractivity contribution < 1.29 is 19.8 Å². The Labute approximate surface area is 100 Å². The van der Waals surface area contributed by atoms with E-state index in [0.29, 0.717) is 5.13 Å². The highest BCUT2D eigenvalue weighted by Crippen LogP contribution is 2.25. The van der Waals surface area contributed by atoms with E-state index in [2.05, 4.69) is 4.98 Å². The average molecular weight is 254 g/mol. The molecule has 2 rings (SSSR count). The van der Waals surface area contributed by atoms with Gasteiger partial charge in [-0.05, 0) is 18.6 Å². The Kier molecular flexibility index (Phi) is 4.00. The Balaban J connectivity index is 0.000000209. The van der Waals surface area contributed by atoms with Crippen molar-refractivity contribution >= 4 is 38.6 Å². The van der Waals surface area contributed by atoms with Crippen LogP contribution in [-0.4, -0.2) is 27.1 Å². The number of nitrogens with zero attached hydrogens (tertiary/aromatic N) is 1. The zero-order chi connectivity index (χ0) is 13.0. The average Bonchev–Trinajstić information content (AvgIpc) is 2.61. The predicted octanol–water partition coefficient (Wildman–Crippen LogP) is 1.34. The number of benzene rings is 1. The zero-order valence-electron chi connectivity index (χ0n) is 8.88. The summed E-state index contributed by atoms with van der Waals surface area (Å²) in [5.41, 5.74) is 7.79. The van der Waals surface area contributed by atoms with Crippen molar-refractivity contribution in [3.63, 3.8) is 0 Å². The fourth-order valence-corrected chi connectivity index (χ4v) is 1.92. The highest BCUT2D eigenvalue weighted by molar-refractivity contribution is 7.22. The summed E-state index contributed by atoms with van der Waals surface area (Å²) in [4.78, 5) is 22.4. The largest absolute Gasteiger partial charge is 0.473 e. The Morgan fingerprint density at radius 2 is 1.88 bits per heavy atom. The molecule has 0 saturated carbocycles. The highest BCUT2D eigenvalue weighted by atomic mass is 32.1. The normalized spacial score (nSPS) is 9.47. The SMILES string of the molecule is Cc1cccc2sc(N)nc12.O=C(O)C(=O)O. The second kappa shape index (κ2) is 5.26. The minimum Gasteiger partial charge on any atom is -0.473 e. The van der Waals surface area contributed by atoms with Crippen LogP contribution in [-0.2, 0) is 9.59 Å². The standard InChI is InChI=1S/C8H8N2S.C2H2O4/c1-5-3-2-4-6-7(5)10-8(9)11-6;3-1(4)2(5)6/h2-4H,1H3,(H2,9,10);(H,3,4)(H,5,6). The van der Waals surface area contributed by atoms with E-state index in [4.69, 9.17) is 25.5 Å². The maximum absolute atomic E-state index is 9.10. The number of nitrogen functional groups attached to an aromatic ring is 1. The van der Waals surface area contributed by atoms with Crippen LogP contribution in [0.4, 0.5) is 5.13 Å². The van der Waals surface area contributed by atoms with Crippen molar-refractivity contribution in [3.8, 4) is 0 Å². The molecule has 0 bridgehead atoms. The minimum atomic E-state index is -1.82. The van der Waals surface area contributed by atoms with Gasteiger partial charge in [-0.1, -0.05) is 23.5 Å². The van der Waals surface area contributed by atoms with Gasteiger partial charge in [0.25, 0.3) is 0 Å². The number of aliphatic carboxylic acids is 2. The topological polar surface area (TPSA) is 114 Å². The summed E-state index contributed by atoms with van der Waals surface area (Å²) >= 11 is 1.53. The van der Waals surface area contributed by atoms with Gasteiger partial charge < -0.3 is 15.9 Å². The number of aromatic nitrogens is 1. The van der Waals surface area contributed by atoms with Crippen LogP contribution in [0.15, 0.2) is 18.2 Å². The van der Waals surface area contributed by atoms with Crippen LogP contribution in [0, 0.1) is 6.92 Å². The minimum absolute atomic E-state index is 0.648. The van der Waals surface area contributed by atoms with E-state index >= 15 is 0 Å². The summed E-state index contributed by atoms with van der Waals surface area (Å²) < 4.78 is 1.17. The van der Waals surface area contributed by atoms with Gasteiger partial charge in [0.15, 0.2) is 5.13 Å². The van der Waals surface area contributed by atoms with Gasteiger partial charge in [-0.15, -0.1) is 0 Å². The van der Waals surface area contributed by atoms with E-state index in [1.165, 1.54) is 21.6 Å². The van der Waals surface area contributed by atoms with Crippen molar-refractivity contribution in [1.29, 1.82) is 0 Å². The van der Waals surface area contributed by atoms with Gasteiger partial charge in [-0.25, -0.2) is 14.6 Å². The van der Waals surface area contributed by atoms with Gasteiger partial charge in [0.05, 0.1) is 10.2 Å². The first-order valence-electron chi connectivity index (χ1n) is 4.49. The van der Waals surface area contributed by atoms with Crippen molar-refractivity contribution in [1.82, 2.24) is 4.98 Å². The second-order valence-corrected chi connectivity index (χ2v) is 4.15. The van der Waals surface area contributed by atoms with Crippen molar-refractivity contribution in [2.24, 2.45) is 0 Å². The van der Waals surface area contributed by atoms with Gasteiger partial charge in [0.1, 0.15) is 0 Å². The molecule has 0 spiro atoms. The number of thiazole rings is 1. The van der Waals surface area contributed by atoms with E-state index in [1.54, 1.807) is 0 Å². The molecule has 0 amide bonds. The molecule has 0 aliphatic heterocycles. The molecule has 1 aromatic heterocycles. The number of nitrogens with two attached hydrogens (primary N) is 1. The Hall–Kier alpha value is -2.15. The first-order valence-corrected chi connectivity index (χ1v) is 5.31. The molecule has 7 heteroatoms. The highest BCUT2D eigenvalue weighted by Gasteiger charge is 2.04. The monoisotopic (exact) mass is 254 g/mol. The molecule has 0 atom stereocenters. The molecule has 0 aliphatic rings. The van der Waals surface area contributed by atoms with Crippen molar-refractivity contribution in [2.75, 3.05) is 5.73 Å². The summed E-state index contributed by atoms with van der Waals surface area (Å²) in [5.74, 6) is -3.65. The number of fused-ring (bicyclic) bond motifs is 1. The fourth-order valence-electron chi connectivity index (χ4n) is 1.10. The summed E-state index contributed by atoms with van der Waals surface area (Å²) in [6.07, 6.45) is 0. The lowest BCUT2D eigenvalue weighted by atomic mass is 10.2. The zero-order valence-corrected chi connectivity index (χ0v) is 9.69.